The van der Waals surface area contributed by atoms with E-state index in [-0.39, 0.29) is 0 Å². The average molecular weight is 337 g/mol. The van der Waals surface area contributed by atoms with Crippen molar-refractivity contribution in [1.82, 2.24) is 0 Å². The molecule has 19 heavy (non-hydrogen) atoms. The van der Waals surface area contributed by atoms with Gasteiger partial charge in [0.15, 0.2) is 0 Å². The van der Waals surface area contributed by atoms with Crippen molar-refractivity contribution in [2.45, 2.75) is 18.7 Å². The molecule has 0 spiro atoms. The molecule has 1 nitrogen and oxygen atoms in total. The highest BCUT2D eigenvalue weighted by Crippen LogP contribution is 2.26. The van der Waals surface area contributed by atoms with Gasteiger partial charge in [0.25, 0.3) is 0 Å². The molecular weight excluding hydrogens is 320 g/mol. The second-order valence-corrected chi connectivity index (χ2v) is 6.34. The molecule has 3 heteroatoms. The van der Waals surface area contributed by atoms with Gasteiger partial charge in [-0.3, -0.25) is 0 Å². The maximum absolute atomic E-state index is 5.80. The molecular formula is C16H17BrOS. The molecule has 0 N–H and O–H groups in total. The van der Waals surface area contributed by atoms with Crippen LogP contribution in [0, 0.1) is 13.8 Å². The number of benzene rings is 2. The Morgan fingerprint density at radius 3 is 2.32 bits per heavy atom. The third-order valence-electron chi connectivity index (χ3n) is 2.77. The Morgan fingerprint density at radius 2 is 1.68 bits per heavy atom. The third kappa shape index (κ3) is 4.29. The Balaban J connectivity index is 1.83. The van der Waals surface area contributed by atoms with Gasteiger partial charge in [0.05, 0.1) is 6.61 Å². The minimum Gasteiger partial charge on any atom is -0.493 e. The largest absolute Gasteiger partial charge is 0.493 e. The number of halogens is 1. The Hall–Kier alpha value is -0.930. The number of rotatable bonds is 5. The summed E-state index contributed by atoms with van der Waals surface area (Å²) in [6, 6.07) is 14.6. The van der Waals surface area contributed by atoms with E-state index in [1.165, 1.54) is 20.5 Å². The first kappa shape index (κ1) is 14.5. The number of thioether (sulfide) groups is 1. The molecule has 2 aromatic rings. The Kier molecular flexibility index (Phi) is 5.34. The third-order valence-corrected chi connectivity index (χ3v) is 5.00. The summed E-state index contributed by atoms with van der Waals surface area (Å²) in [5.74, 6) is 1.91. The highest BCUT2D eigenvalue weighted by molar-refractivity contribution is 9.10. The molecule has 0 unspecified atom stereocenters. The van der Waals surface area contributed by atoms with Gasteiger partial charge >= 0.3 is 0 Å². The van der Waals surface area contributed by atoms with Crippen LogP contribution in [-0.2, 0) is 0 Å². The molecule has 0 saturated carbocycles. The number of aryl methyl sites for hydroxylation is 2. The fourth-order valence-corrected chi connectivity index (χ4v) is 2.81. The predicted molar refractivity (Wildman–Crippen MR) is 86.3 cm³/mol. The molecule has 0 amide bonds. The molecule has 0 heterocycles. The van der Waals surface area contributed by atoms with Crippen molar-refractivity contribution < 1.29 is 4.74 Å². The zero-order chi connectivity index (χ0) is 13.7. The second-order valence-electron chi connectivity index (χ2n) is 4.38. The summed E-state index contributed by atoms with van der Waals surface area (Å²) >= 11 is 5.38. The van der Waals surface area contributed by atoms with Crippen molar-refractivity contribution in [3.8, 4) is 5.75 Å². The molecule has 100 valence electrons. The van der Waals surface area contributed by atoms with Crippen LogP contribution in [0.5, 0.6) is 5.75 Å². The topological polar surface area (TPSA) is 9.23 Å². The lowest BCUT2D eigenvalue weighted by Gasteiger charge is -2.10. The summed E-state index contributed by atoms with van der Waals surface area (Å²) in [7, 11) is 0. The van der Waals surface area contributed by atoms with Crippen LogP contribution in [0.4, 0.5) is 0 Å². The minimum atomic E-state index is 0.722. The standard InChI is InChI=1S/C16H17BrOS/c1-12-10-14(11-13(2)16(12)17)18-8-9-19-15-6-4-3-5-7-15/h3-7,10-11H,8-9H2,1-2H3. The first-order valence-corrected chi connectivity index (χ1v) is 8.02. The van der Waals surface area contributed by atoms with E-state index >= 15 is 0 Å². The van der Waals surface area contributed by atoms with Gasteiger partial charge in [0, 0.05) is 15.1 Å². The summed E-state index contributed by atoms with van der Waals surface area (Å²) in [6.07, 6.45) is 0. The van der Waals surface area contributed by atoms with Gasteiger partial charge in [-0.15, -0.1) is 11.8 Å². The average Bonchev–Trinajstić information content (AvgIpc) is 2.42. The Bertz CT molecular complexity index is 517. The van der Waals surface area contributed by atoms with E-state index in [1.807, 2.05) is 17.8 Å². The normalized spacial score (nSPS) is 10.5. The van der Waals surface area contributed by atoms with Gasteiger partial charge in [-0.05, 0) is 49.2 Å². The van der Waals surface area contributed by atoms with Gasteiger partial charge in [0.2, 0.25) is 0 Å². The lowest BCUT2D eigenvalue weighted by Crippen LogP contribution is -2.00. The SMILES string of the molecule is Cc1cc(OCCSc2ccccc2)cc(C)c1Br. The maximum Gasteiger partial charge on any atom is 0.119 e. The fraction of sp³-hybridized carbons (Fsp3) is 0.250. The van der Waals surface area contributed by atoms with Crippen molar-refractivity contribution in [3.05, 3.63) is 58.1 Å². The van der Waals surface area contributed by atoms with Crippen molar-refractivity contribution in [2.24, 2.45) is 0 Å². The fourth-order valence-electron chi connectivity index (χ4n) is 1.83. The Morgan fingerprint density at radius 1 is 1.05 bits per heavy atom. The lowest BCUT2D eigenvalue weighted by atomic mass is 10.1. The van der Waals surface area contributed by atoms with Gasteiger partial charge in [0.1, 0.15) is 5.75 Å². The van der Waals surface area contributed by atoms with Crippen LogP contribution < -0.4 is 4.74 Å². The van der Waals surface area contributed by atoms with E-state index in [4.69, 9.17) is 4.74 Å². The molecule has 0 fully saturated rings. The van der Waals surface area contributed by atoms with Gasteiger partial charge in [-0.25, -0.2) is 0 Å². The first-order chi connectivity index (χ1) is 9.16. The van der Waals surface area contributed by atoms with Crippen LogP contribution in [-0.4, -0.2) is 12.4 Å². The molecule has 0 bridgehead atoms. The molecule has 0 aliphatic carbocycles. The van der Waals surface area contributed by atoms with Crippen molar-refractivity contribution >= 4 is 27.7 Å². The van der Waals surface area contributed by atoms with E-state index in [9.17, 15) is 0 Å². The van der Waals surface area contributed by atoms with Crippen LogP contribution in [0.2, 0.25) is 0 Å². The molecule has 0 aliphatic heterocycles. The lowest BCUT2D eigenvalue weighted by molar-refractivity contribution is 0.343. The Labute approximate surface area is 127 Å². The summed E-state index contributed by atoms with van der Waals surface area (Å²) in [6.45, 7) is 4.89. The summed E-state index contributed by atoms with van der Waals surface area (Å²) in [5.41, 5.74) is 2.43. The van der Waals surface area contributed by atoms with E-state index in [0.29, 0.717) is 0 Å². The summed E-state index contributed by atoms with van der Waals surface area (Å²) in [5, 5.41) is 0. The molecule has 0 saturated heterocycles. The van der Waals surface area contributed by atoms with Crippen molar-refractivity contribution in [1.29, 1.82) is 0 Å². The maximum atomic E-state index is 5.80. The molecule has 0 aromatic heterocycles. The second kappa shape index (κ2) is 7.01. The van der Waals surface area contributed by atoms with E-state index in [0.717, 1.165) is 18.1 Å². The van der Waals surface area contributed by atoms with Crippen LogP contribution in [0.1, 0.15) is 11.1 Å². The van der Waals surface area contributed by atoms with Crippen LogP contribution in [0.15, 0.2) is 51.8 Å². The van der Waals surface area contributed by atoms with E-state index in [2.05, 4.69) is 66.2 Å². The minimum absolute atomic E-state index is 0.722. The quantitative estimate of drug-likeness (QED) is 0.545. The van der Waals surface area contributed by atoms with Gasteiger partial charge < -0.3 is 4.74 Å². The zero-order valence-electron chi connectivity index (χ0n) is 11.2. The smallest absolute Gasteiger partial charge is 0.119 e. The summed E-state index contributed by atoms with van der Waals surface area (Å²) in [4.78, 5) is 1.29. The van der Waals surface area contributed by atoms with Crippen LogP contribution >= 0.6 is 27.7 Å². The van der Waals surface area contributed by atoms with Crippen molar-refractivity contribution in [2.75, 3.05) is 12.4 Å². The molecule has 0 aliphatic rings. The highest BCUT2D eigenvalue weighted by Gasteiger charge is 2.03. The molecule has 2 rings (SSSR count). The van der Waals surface area contributed by atoms with Crippen molar-refractivity contribution in [3.63, 3.8) is 0 Å². The number of hydrogen-bond acceptors (Lipinski definition) is 2. The molecule has 2 aromatic carbocycles. The predicted octanol–water partition coefficient (Wildman–Crippen LogP) is 5.24. The van der Waals surface area contributed by atoms with Gasteiger partial charge in [-0.2, -0.15) is 0 Å². The van der Waals surface area contributed by atoms with Crippen LogP contribution in [0.3, 0.4) is 0 Å². The summed E-state index contributed by atoms with van der Waals surface area (Å²) < 4.78 is 6.97. The first-order valence-electron chi connectivity index (χ1n) is 6.24. The molecule has 0 atom stereocenters. The molecule has 0 radical (unpaired) electrons. The van der Waals surface area contributed by atoms with E-state index < -0.39 is 0 Å². The number of hydrogen-bond donors (Lipinski definition) is 0. The van der Waals surface area contributed by atoms with Gasteiger partial charge in [-0.1, -0.05) is 34.1 Å². The number of ether oxygens (including phenoxy) is 1. The van der Waals surface area contributed by atoms with Crippen LogP contribution in [0.25, 0.3) is 0 Å². The zero-order valence-corrected chi connectivity index (χ0v) is 13.6. The monoisotopic (exact) mass is 336 g/mol. The van der Waals surface area contributed by atoms with E-state index in [1.54, 1.807) is 0 Å². The highest BCUT2D eigenvalue weighted by atomic mass is 79.9.